The lowest BCUT2D eigenvalue weighted by atomic mass is 9.45. The Kier molecular flexibility index (Phi) is 5.18. The quantitative estimate of drug-likeness (QED) is 0.726. The normalized spacial score (nSPS) is 26.5. The smallest absolute Gasteiger partial charge is 0.274 e. The SMILES string of the molecule is CC1(C)C2CCC(CNC(=O)c3cccc4nc(C(=O)N5CCN(C=O)CC5)cn34)C1C2. The molecule has 170 valence electrons. The number of amides is 3. The molecule has 2 aromatic heterocycles. The van der Waals surface area contributed by atoms with Gasteiger partial charge in [0.15, 0.2) is 0 Å². The van der Waals surface area contributed by atoms with Crippen LogP contribution in [0.3, 0.4) is 0 Å². The number of rotatable bonds is 5. The van der Waals surface area contributed by atoms with Crippen LogP contribution < -0.4 is 5.32 Å². The average Bonchev–Trinajstić information content (AvgIpc) is 3.26. The van der Waals surface area contributed by atoms with Crippen LogP contribution in [-0.2, 0) is 4.79 Å². The number of imidazole rings is 1. The number of pyridine rings is 1. The lowest BCUT2D eigenvalue weighted by Crippen LogP contribution is -2.54. The third-order valence-electron chi connectivity index (χ3n) is 8.22. The number of hydrogen-bond donors (Lipinski definition) is 1. The highest BCUT2D eigenvalue weighted by molar-refractivity contribution is 5.95. The van der Waals surface area contributed by atoms with Gasteiger partial charge in [-0.3, -0.25) is 18.8 Å². The molecule has 3 amide bonds. The first-order chi connectivity index (χ1) is 15.4. The topological polar surface area (TPSA) is 87.0 Å². The van der Waals surface area contributed by atoms with Gasteiger partial charge in [-0.05, 0) is 54.6 Å². The number of carbonyl (C=O) groups excluding carboxylic acids is 3. The summed E-state index contributed by atoms with van der Waals surface area (Å²) in [6.45, 7) is 7.44. The van der Waals surface area contributed by atoms with E-state index in [1.165, 1.54) is 19.3 Å². The van der Waals surface area contributed by atoms with Gasteiger partial charge in [0.25, 0.3) is 11.8 Å². The van der Waals surface area contributed by atoms with Crippen LogP contribution in [0.5, 0.6) is 0 Å². The third-order valence-corrected chi connectivity index (χ3v) is 8.22. The molecule has 3 aliphatic carbocycles. The molecule has 2 aromatic rings. The van der Waals surface area contributed by atoms with E-state index in [4.69, 9.17) is 0 Å². The molecule has 0 radical (unpaired) electrons. The van der Waals surface area contributed by atoms with Crippen molar-refractivity contribution in [3.8, 4) is 0 Å². The van der Waals surface area contributed by atoms with E-state index in [-0.39, 0.29) is 11.8 Å². The molecule has 8 heteroatoms. The molecule has 6 rings (SSSR count). The molecule has 0 aromatic carbocycles. The van der Waals surface area contributed by atoms with Gasteiger partial charge in [0.05, 0.1) is 0 Å². The molecule has 3 heterocycles. The highest BCUT2D eigenvalue weighted by Gasteiger charge is 2.53. The molecule has 8 nitrogen and oxygen atoms in total. The Labute approximate surface area is 188 Å². The van der Waals surface area contributed by atoms with Gasteiger partial charge in [0.1, 0.15) is 17.0 Å². The van der Waals surface area contributed by atoms with Crippen LogP contribution in [0.4, 0.5) is 0 Å². The van der Waals surface area contributed by atoms with Gasteiger partial charge in [-0.2, -0.15) is 0 Å². The summed E-state index contributed by atoms with van der Waals surface area (Å²) in [5.74, 6) is 1.76. The third kappa shape index (κ3) is 3.45. The summed E-state index contributed by atoms with van der Waals surface area (Å²) in [4.78, 5) is 44.7. The summed E-state index contributed by atoms with van der Waals surface area (Å²) < 4.78 is 1.70. The molecule has 4 aliphatic rings. The maximum atomic E-state index is 13.0. The fourth-order valence-electron chi connectivity index (χ4n) is 6.01. The standard InChI is InChI=1S/C24H31N5O3/c1-24(2)17-7-6-16(18(24)12-17)13-25-22(31)20-4-3-5-21-26-19(14-29(20)21)23(32)28-10-8-27(15-30)9-11-28/h3-5,14-18H,6-13H2,1-2H3,(H,25,31). The molecule has 3 unspecified atom stereocenters. The van der Waals surface area contributed by atoms with Crippen molar-refractivity contribution in [2.24, 2.45) is 23.2 Å². The minimum Gasteiger partial charge on any atom is -0.350 e. The Morgan fingerprint density at radius 1 is 1.19 bits per heavy atom. The Morgan fingerprint density at radius 2 is 1.97 bits per heavy atom. The molecule has 1 N–H and O–H groups in total. The van der Waals surface area contributed by atoms with Crippen LogP contribution in [0.1, 0.15) is 54.1 Å². The molecule has 2 bridgehead atoms. The van der Waals surface area contributed by atoms with Gasteiger partial charge >= 0.3 is 0 Å². The summed E-state index contributed by atoms with van der Waals surface area (Å²) >= 11 is 0. The van der Waals surface area contributed by atoms with E-state index in [1.807, 2.05) is 0 Å². The molecule has 0 spiro atoms. The van der Waals surface area contributed by atoms with E-state index < -0.39 is 0 Å². The van der Waals surface area contributed by atoms with Crippen molar-refractivity contribution in [3.63, 3.8) is 0 Å². The van der Waals surface area contributed by atoms with Crippen LogP contribution in [0.15, 0.2) is 24.4 Å². The number of nitrogens with one attached hydrogen (secondary N) is 1. The predicted molar refractivity (Wildman–Crippen MR) is 119 cm³/mol. The fraction of sp³-hybridized carbons (Fsp3) is 0.583. The van der Waals surface area contributed by atoms with Gasteiger partial charge in [-0.25, -0.2) is 4.98 Å². The summed E-state index contributed by atoms with van der Waals surface area (Å²) in [6, 6.07) is 5.37. The van der Waals surface area contributed by atoms with Crippen molar-refractivity contribution in [1.29, 1.82) is 0 Å². The van der Waals surface area contributed by atoms with Gasteiger partial charge < -0.3 is 15.1 Å². The molecule has 3 atom stereocenters. The van der Waals surface area contributed by atoms with Crippen molar-refractivity contribution in [2.75, 3.05) is 32.7 Å². The number of fused-ring (bicyclic) bond motifs is 3. The van der Waals surface area contributed by atoms with Gasteiger partial charge in [0, 0.05) is 38.9 Å². The van der Waals surface area contributed by atoms with E-state index in [9.17, 15) is 14.4 Å². The summed E-state index contributed by atoms with van der Waals surface area (Å²) in [7, 11) is 0. The van der Waals surface area contributed by atoms with Gasteiger partial charge in [-0.1, -0.05) is 19.9 Å². The first-order valence-electron chi connectivity index (χ1n) is 11.6. The molecule has 32 heavy (non-hydrogen) atoms. The zero-order valence-corrected chi connectivity index (χ0v) is 18.8. The van der Waals surface area contributed by atoms with Crippen molar-refractivity contribution in [3.05, 3.63) is 35.8 Å². The van der Waals surface area contributed by atoms with Crippen LogP contribution in [0.2, 0.25) is 0 Å². The highest BCUT2D eigenvalue weighted by Crippen LogP contribution is 2.61. The zero-order valence-electron chi connectivity index (χ0n) is 18.8. The maximum Gasteiger partial charge on any atom is 0.274 e. The molecule has 1 aliphatic heterocycles. The summed E-state index contributed by atoms with van der Waals surface area (Å²) in [6.07, 6.45) is 6.20. The lowest BCUT2D eigenvalue weighted by Gasteiger charge is -2.60. The number of carbonyl (C=O) groups is 3. The number of piperazine rings is 1. The molecule has 3 saturated carbocycles. The predicted octanol–water partition coefficient (Wildman–Crippen LogP) is 2.05. The van der Waals surface area contributed by atoms with Crippen molar-refractivity contribution >= 4 is 23.9 Å². The van der Waals surface area contributed by atoms with Crippen LogP contribution >= 0.6 is 0 Å². The molecule has 4 fully saturated rings. The second kappa shape index (κ2) is 7.90. The maximum absolute atomic E-state index is 13.0. The molecule has 1 saturated heterocycles. The Hall–Kier alpha value is -2.90. The second-order valence-electron chi connectivity index (χ2n) is 10.1. The van der Waals surface area contributed by atoms with Crippen molar-refractivity contribution in [1.82, 2.24) is 24.5 Å². The largest absolute Gasteiger partial charge is 0.350 e. The summed E-state index contributed by atoms with van der Waals surface area (Å²) in [5.41, 5.74) is 1.78. The molecular weight excluding hydrogens is 406 g/mol. The molecular formula is C24H31N5O3. The van der Waals surface area contributed by atoms with Crippen molar-refractivity contribution < 1.29 is 14.4 Å². The first-order valence-corrected chi connectivity index (χ1v) is 11.6. The number of aromatic nitrogens is 2. The van der Waals surface area contributed by atoms with Crippen LogP contribution in [-0.4, -0.2) is 70.1 Å². The van der Waals surface area contributed by atoms with E-state index >= 15 is 0 Å². The Bertz CT molecular complexity index is 1050. The summed E-state index contributed by atoms with van der Waals surface area (Å²) in [5, 5.41) is 3.15. The second-order valence-corrected chi connectivity index (χ2v) is 10.1. The highest BCUT2D eigenvalue weighted by atomic mass is 16.2. The van der Waals surface area contributed by atoms with Gasteiger partial charge in [0.2, 0.25) is 6.41 Å². The monoisotopic (exact) mass is 437 g/mol. The van der Waals surface area contributed by atoms with Crippen molar-refractivity contribution in [2.45, 2.75) is 33.1 Å². The Morgan fingerprint density at radius 3 is 2.66 bits per heavy atom. The van der Waals surface area contributed by atoms with Crippen LogP contribution in [0.25, 0.3) is 5.65 Å². The van der Waals surface area contributed by atoms with Gasteiger partial charge in [-0.15, -0.1) is 0 Å². The fourth-order valence-corrected chi connectivity index (χ4v) is 6.01. The number of hydrogen-bond acceptors (Lipinski definition) is 4. The minimum absolute atomic E-state index is 0.133. The average molecular weight is 438 g/mol. The van der Waals surface area contributed by atoms with E-state index in [0.717, 1.165) is 12.3 Å². The van der Waals surface area contributed by atoms with E-state index in [2.05, 4.69) is 24.1 Å². The minimum atomic E-state index is -0.172. The zero-order chi connectivity index (χ0) is 22.5. The first kappa shape index (κ1) is 21.0. The number of nitrogens with zero attached hydrogens (tertiary/aromatic N) is 4. The lowest BCUT2D eigenvalue weighted by molar-refractivity contribution is -0.119. The Balaban J connectivity index is 1.28. The van der Waals surface area contributed by atoms with Crippen LogP contribution in [0, 0.1) is 23.2 Å². The van der Waals surface area contributed by atoms with E-state index in [0.29, 0.717) is 67.0 Å². The van der Waals surface area contributed by atoms with E-state index in [1.54, 1.807) is 38.6 Å².